The minimum absolute atomic E-state index is 0.0503. The van der Waals surface area contributed by atoms with E-state index >= 15 is 0 Å². The van der Waals surface area contributed by atoms with E-state index in [4.69, 9.17) is 9.84 Å². The average molecular weight is 299 g/mol. The van der Waals surface area contributed by atoms with Crippen molar-refractivity contribution < 1.29 is 28.2 Å². The molecular formula is C14H15F2NO4. The minimum atomic E-state index is -3.83. The SMILES string of the molecule is C=CCOCC(NC(=O)C(F)(F)c1ccccc1)C(=O)O. The summed E-state index contributed by atoms with van der Waals surface area (Å²) in [7, 11) is 0. The van der Waals surface area contributed by atoms with Crippen molar-refractivity contribution in [2.45, 2.75) is 12.0 Å². The van der Waals surface area contributed by atoms with Crippen molar-refractivity contribution in [2.75, 3.05) is 13.2 Å². The van der Waals surface area contributed by atoms with E-state index in [1.54, 1.807) is 5.32 Å². The molecule has 1 atom stereocenters. The Hall–Kier alpha value is -2.28. The molecular weight excluding hydrogens is 284 g/mol. The van der Waals surface area contributed by atoms with Crippen LogP contribution in [0.1, 0.15) is 5.56 Å². The number of hydrogen-bond donors (Lipinski definition) is 2. The van der Waals surface area contributed by atoms with Crippen LogP contribution in [0.3, 0.4) is 0 Å². The van der Waals surface area contributed by atoms with Gasteiger partial charge in [0.1, 0.15) is 0 Å². The third kappa shape index (κ3) is 4.64. The second-order valence-corrected chi connectivity index (χ2v) is 4.13. The van der Waals surface area contributed by atoms with E-state index in [1.807, 2.05) is 0 Å². The normalized spacial score (nSPS) is 12.5. The van der Waals surface area contributed by atoms with Gasteiger partial charge in [0.05, 0.1) is 13.2 Å². The molecule has 0 aromatic heterocycles. The smallest absolute Gasteiger partial charge is 0.349 e. The fourth-order valence-corrected chi connectivity index (χ4v) is 1.47. The van der Waals surface area contributed by atoms with Crippen LogP contribution in [0.5, 0.6) is 0 Å². The minimum Gasteiger partial charge on any atom is -0.480 e. The van der Waals surface area contributed by atoms with Crippen LogP contribution in [-0.4, -0.2) is 36.2 Å². The second kappa shape index (κ2) is 7.49. The number of carbonyl (C=O) groups is 2. The third-order valence-electron chi connectivity index (χ3n) is 2.55. The zero-order chi connectivity index (χ0) is 15.9. The average Bonchev–Trinajstić information content (AvgIpc) is 2.46. The molecule has 0 heterocycles. The molecule has 0 aliphatic rings. The topological polar surface area (TPSA) is 75.6 Å². The van der Waals surface area contributed by atoms with Crippen LogP contribution in [0.2, 0.25) is 0 Å². The Morgan fingerprint density at radius 1 is 1.38 bits per heavy atom. The molecule has 2 N–H and O–H groups in total. The van der Waals surface area contributed by atoms with Gasteiger partial charge in [-0.3, -0.25) is 4.79 Å². The van der Waals surface area contributed by atoms with Crippen molar-refractivity contribution in [1.29, 1.82) is 0 Å². The number of hydrogen-bond acceptors (Lipinski definition) is 3. The lowest BCUT2D eigenvalue weighted by atomic mass is 10.1. The van der Waals surface area contributed by atoms with Gasteiger partial charge in [-0.05, 0) is 0 Å². The summed E-state index contributed by atoms with van der Waals surface area (Å²) in [4.78, 5) is 22.5. The Kier molecular flexibility index (Phi) is 5.98. The number of ether oxygens (including phenoxy) is 1. The first-order valence-corrected chi connectivity index (χ1v) is 6.05. The highest BCUT2D eigenvalue weighted by Gasteiger charge is 2.42. The maximum atomic E-state index is 13.9. The van der Waals surface area contributed by atoms with Crippen LogP contribution in [0.15, 0.2) is 43.0 Å². The first-order valence-electron chi connectivity index (χ1n) is 6.05. The molecule has 114 valence electrons. The lowest BCUT2D eigenvalue weighted by molar-refractivity contribution is -0.153. The van der Waals surface area contributed by atoms with Gasteiger partial charge in [-0.2, -0.15) is 8.78 Å². The van der Waals surface area contributed by atoms with E-state index in [-0.39, 0.29) is 6.61 Å². The largest absolute Gasteiger partial charge is 0.480 e. The highest BCUT2D eigenvalue weighted by Crippen LogP contribution is 2.27. The first-order chi connectivity index (χ1) is 9.89. The summed E-state index contributed by atoms with van der Waals surface area (Å²) in [6, 6.07) is 4.86. The van der Waals surface area contributed by atoms with E-state index in [1.165, 1.54) is 24.3 Å². The summed E-state index contributed by atoms with van der Waals surface area (Å²) < 4.78 is 32.7. The number of amides is 1. The summed E-state index contributed by atoms with van der Waals surface area (Å²) in [5, 5.41) is 10.7. The van der Waals surface area contributed by atoms with E-state index in [9.17, 15) is 18.4 Å². The zero-order valence-corrected chi connectivity index (χ0v) is 11.1. The highest BCUT2D eigenvalue weighted by atomic mass is 19.3. The Labute approximate surface area is 120 Å². The van der Waals surface area contributed by atoms with Gasteiger partial charge in [-0.15, -0.1) is 6.58 Å². The van der Waals surface area contributed by atoms with Gasteiger partial charge in [0.2, 0.25) is 0 Å². The quantitative estimate of drug-likeness (QED) is 0.564. The fourth-order valence-electron chi connectivity index (χ4n) is 1.47. The van der Waals surface area contributed by atoms with E-state index in [2.05, 4.69) is 6.58 Å². The number of alkyl halides is 2. The molecule has 0 radical (unpaired) electrons. The number of carboxylic acid groups (broad SMARTS) is 1. The highest BCUT2D eigenvalue weighted by molar-refractivity contribution is 5.89. The molecule has 0 spiro atoms. The predicted octanol–water partition coefficient (Wildman–Crippen LogP) is 1.55. The van der Waals surface area contributed by atoms with E-state index < -0.39 is 36.0 Å². The summed E-state index contributed by atoms with van der Waals surface area (Å²) >= 11 is 0. The van der Waals surface area contributed by atoms with Gasteiger partial charge >= 0.3 is 11.9 Å². The van der Waals surface area contributed by atoms with Gasteiger partial charge in [-0.1, -0.05) is 36.4 Å². The molecule has 0 aliphatic heterocycles. The Morgan fingerprint density at radius 3 is 2.52 bits per heavy atom. The van der Waals surface area contributed by atoms with E-state index in [0.29, 0.717) is 0 Å². The molecule has 0 fully saturated rings. The summed E-state index contributed by atoms with van der Waals surface area (Å²) in [5.74, 6) is -6.98. The van der Waals surface area contributed by atoms with Crippen molar-refractivity contribution in [3.63, 3.8) is 0 Å². The number of halogens is 2. The van der Waals surface area contributed by atoms with Crippen LogP contribution in [0.25, 0.3) is 0 Å². The van der Waals surface area contributed by atoms with Gasteiger partial charge in [0.25, 0.3) is 5.91 Å². The number of aliphatic carboxylic acids is 1. The van der Waals surface area contributed by atoms with Crippen LogP contribution >= 0.6 is 0 Å². The molecule has 0 saturated heterocycles. The summed E-state index contributed by atoms with van der Waals surface area (Å²) in [6.45, 7) is 2.98. The number of benzene rings is 1. The number of nitrogens with one attached hydrogen (secondary N) is 1. The molecule has 1 aromatic rings. The Balaban J connectivity index is 2.76. The molecule has 7 heteroatoms. The number of rotatable bonds is 8. The van der Waals surface area contributed by atoms with Gasteiger partial charge in [0, 0.05) is 5.56 Å². The van der Waals surface area contributed by atoms with Crippen LogP contribution < -0.4 is 5.32 Å². The molecule has 0 aliphatic carbocycles. The van der Waals surface area contributed by atoms with Crippen molar-refractivity contribution >= 4 is 11.9 Å². The van der Waals surface area contributed by atoms with Gasteiger partial charge < -0.3 is 15.2 Å². The molecule has 0 saturated carbocycles. The maximum absolute atomic E-state index is 13.9. The molecule has 5 nitrogen and oxygen atoms in total. The zero-order valence-electron chi connectivity index (χ0n) is 11.1. The molecule has 1 rings (SSSR count). The Morgan fingerprint density at radius 2 is 2.00 bits per heavy atom. The first kappa shape index (κ1) is 16.8. The van der Waals surface area contributed by atoms with Crippen LogP contribution in [0, 0.1) is 0 Å². The summed E-state index contributed by atoms with van der Waals surface area (Å²) in [6.07, 6.45) is 1.37. The standard InChI is InChI=1S/C14H15F2NO4/c1-2-8-21-9-11(12(18)19)17-13(20)14(15,16)10-6-4-3-5-7-10/h2-7,11H,1,8-9H2,(H,17,20)(H,18,19). The predicted molar refractivity (Wildman–Crippen MR) is 70.9 cm³/mol. The molecule has 1 unspecified atom stereocenters. The van der Waals surface area contributed by atoms with Crippen molar-refractivity contribution in [2.24, 2.45) is 0 Å². The lowest BCUT2D eigenvalue weighted by Gasteiger charge is -2.20. The van der Waals surface area contributed by atoms with Crippen molar-refractivity contribution in [3.05, 3.63) is 48.6 Å². The third-order valence-corrected chi connectivity index (χ3v) is 2.55. The van der Waals surface area contributed by atoms with Gasteiger partial charge in [0.15, 0.2) is 6.04 Å². The molecule has 1 aromatic carbocycles. The second-order valence-electron chi connectivity index (χ2n) is 4.13. The molecule has 21 heavy (non-hydrogen) atoms. The fraction of sp³-hybridized carbons (Fsp3) is 0.286. The number of carbonyl (C=O) groups excluding carboxylic acids is 1. The van der Waals surface area contributed by atoms with Gasteiger partial charge in [-0.25, -0.2) is 4.79 Å². The Bertz CT molecular complexity index is 505. The molecule has 0 bridgehead atoms. The monoisotopic (exact) mass is 299 g/mol. The van der Waals surface area contributed by atoms with Crippen molar-refractivity contribution in [1.82, 2.24) is 5.32 Å². The summed E-state index contributed by atoms with van der Waals surface area (Å²) in [5.41, 5.74) is -0.515. The van der Waals surface area contributed by atoms with Crippen LogP contribution in [0.4, 0.5) is 8.78 Å². The maximum Gasteiger partial charge on any atom is 0.349 e. The number of carboxylic acids is 1. The lowest BCUT2D eigenvalue weighted by Crippen LogP contribution is -2.49. The van der Waals surface area contributed by atoms with E-state index in [0.717, 1.165) is 12.1 Å². The van der Waals surface area contributed by atoms with Crippen molar-refractivity contribution in [3.8, 4) is 0 Å². The molecule has 1 amide bonds. The van der Waals surface area contributed by atoms with Crippen LogP contribution in [-0.2, 0) is 20.2 Å².